The second-order valence-corrected chi connectivity index (χ2v) is 27.7. The van der Waals surface area contributed by atoms with Crippen LogP contribution in [0.2, 0.25) is 0 Å². The highest BCUT2D eigenvalue weighted by molar-refractivity contribution is 5.78. The first kappa shape index (κ1) is 59.8. The van der Waals surface area contributed by atoms with Gasteiger partial charge in [0.05, 0.1) is 0 Å². The van der Waals surface area contributed by atoms with Crippen molar-refractivity contribution in [1.82, 2.24) is 0 Å². The van der Waals surface area contributed by atoms with Crippen LogP contribution in [-0.2, 0) is 6.42 Å². The summed E-state index contributed by atoms with van der Waals surface area (Å²) in [6.45, 7) is 28.1. The van der Waals surface area contributed by atoms with Crippen molar-refractivity contribution in [2.24, 2.45) is 70.5 Å². The van der Waals surface area contributed by atoms with Crippen LogP contribution in [0.1, 0.15) is 250 Å². The van der Waals surface area contributed by atoms with Gasteiger partial charge in [-0.25, -0.2) is 0 Å². The zero-order valence-corrected chi connectivity index (χ0v) is 50.7. The van der Waals surface area contributed by atoms with Crippen LogP contribution in [0.3, 0.4) is 0 Å². The van der Waals surface area contributed by atoms with Gasteiger partial charge in [0.25, 0.3) is 0 Å². The molecule has 6 aliphatic carbocycles. The molecule has 0 aromatic heterocycles. The minimum atomic E-state index is 0.502. The van der Waals surface area contributed by atoms with E-state index < -0.39 is 0 Å². The highest BCUT2D eigenvalue weighted by Gasteiger charge is 2.46. The molecule has 0 saturated heterocycles. The Hall–Kier alpha value is -3.90. The molecule has 4 atom stereocenters. The molecule has 4 unspecified atom stereocenters. The predicted molar refractivity (Wildman–Crippen MR) is 333 cm³/mol. The van der Waals surface area contributed by atoms with Gasteiger partial charge in [0.15, 0.2) is 0 Å². The molecule has 0 spiro atoms. The molecule has 5 fully saturated rings. The van der Waals surface area contributed by atoms with Crippen molar-refractivity contribution in [3.05, 3.63) is 167 Å². The van der Waals surface area contributed by atoms with Crippen LogP contribution in [0.4, 0.5) is 0 Å². The van der Waals surface area contributed by atoms with Crippen LogP contribution in [0.15, 0.2) is 133 Å². The molecule has 5 aromatic carbocycles. The lowest BCUT2D eigenvalue weighted by Gasteiger charge is -2.46. The zero-order chi connectivity index (χ0) is 54.2. The van der Waals surface area contributed by atoms with Crippen molar-refractivity contribution in [3.63, 3.8) is 0 Å². The second-order valence-electron chi connectivity index (χ2n) is 27.7. The molecule has 4 bridgehead atoms. The average Bonchev–Trinajstić information content (AvgIpc) is 3.62. The standard InChI is InChI=1S/C16H16.C16H30.C16H18.C15H26.C13H20/c1-11(2)16-14-9-5-3-7-12(14)13-8-4-6-10-15(13)16;2*1-13(2)16(14-9-5-3-6-10-14)15-11-7-4-8-12-15;1-11(2)15-6-5-12-3-4-13(9-15)8-14(7-12)10-15;1-10(2)9-12-5-7-13(8-6-12)11(3)4/h3-11,16H,1-2H3;13-16H,3-12H2,1-2H3;3-13,16H,1-2H3;11-14H,3-10H2,1-2H3;5-8,10-11H,9H2,1-4H3. The van der Waals surface area contributed by atoms with E-state index in [1.165, 1.54) is 89.5 Å². The van der Waals surface area contributed by atoms with Gasteiger partial charge >= 0.3 is 0 Å². The lowest BCUT2D eigenvalue weighted by atomic mass is 9.59. The number of fused-ring (bicyclic) bond motifs is 6. The maximum atomic E-state index is 2.49. The number of hydrogen-bond acceptors (Lipinski definition) is 0. The van der Waals surface area contributed by atoms with Crippen LogP contribution >= 0.6 is 0 Å². The van der Waals surface area contributed by atoms with Crippen LogP contribution in [0.5, 0.6) is 0 Å². The molecule has 0 radical (unpaired) electrons. The first-order valence-corrected chi connectivity index (χ1v) is 32.0. The molecule has 11 rings (SSSR count). The van der Waals surface area contributed by atoms with Crippen LogP contribution < -0.4 is 0 Å². The van der Waals surface area contributed by atoms with Crippen molar-refractivity contribution in [2.45, 2.75) is 223 Å². The van der Waals surface area contributed by atoms with E-state index >= 15 is 0 Å². The molecule has 6 aliphatic rings. The van der Waals surface area contributed by atoms with Crippen molar-refractivity contribution < 1.29 is 0 Å². The fraction of sp³-hybridized carbons (Fsp3) is 0.605. The second kappa shape index (κ2) is 29.4. The molecule has 0 heterocycles. The SMILES string of the molecule is CC(C)C(C1CCCCC1)C1CCCCC1.CC(C)C(c1ccccc1)c1ccccc1.CC(C)C12CCC3CCC(CC(C3)C1)C2.CC(C)C1c2ccccc2-c2ccccc21.CC(C)Cc1ccc(C(C)C)cc1. The van der Waals surface area contributed by atoms with Crippen molar-refractivity contribution in [3.8, 4) is 11.1 Å². The number of benzene rings is 5. The van der Waals surface area contributed by atoms with Gasteiger partial charge in [0, 0.05) is 11.8 Å². The first-order chi connectivity index (χ1) is 36.6. The van der Waals surface area contributed by atoms with Gasteiger partial charge in [0.1, 0.15) is 0 Å². The highest BCUT2D eigenvalue weighted by Crippen LogP contribution is 2.58. The minimum absolute atomic E-state index is 0.502. The van der Waals surface area contributed by atoms with E-state index in [0.29, 0.717) is 29.6 Å². The molecular formula is C76H110. The summed E-state index contributed by atoms with van der Waals surface area (Å²) in [5, 5.41) is 0. The van der Waals surface area contributed by atoms with E-state index in [2.05, 4.69) is 217 Å². The smallest absolute Gasteiger partial charge is 0.0125 e. The molecule has 76 heavy (non-hydrogen) atoms. The Morgan fingerprint density at radius 2 is 0.882 bits per heavy atom. The third-order valence-electron chi connectivity index (χ3n) is 20.0. The van der Waals surface area contributed by atoms with Crippen LogP contribution in [0.25, 0.3) is 11.1 Å². The Morgan fingerprint density at radius 1 is 0.421 bits per heavy atom. The monoisotopic (exact) mass is 1020 g/mol. The van der Waals surface area contributed by atoms with Gasteiger partial charge in [-0.05, 0) is 166 Å². The Labute approximate surface area is 468 Å². The third-order valence-corrected chi connectivity index (χ3v) is 20.0. The molecule has 0 heteroatoms. The van der Waals surface area contributed by atoms with Crippen molar-refractivity contribution >= 4 is 0 Å². The Morgan fingerprint density at radius 3 is 1.33 bits per heavy atom. The predicted octanol–water partition coefficient (Wildman–Crippen LogP) is 23.0. The van der Waals surface area contributed by atoms with Crippen molar-refractivity contribution in [1.29, 1.82) is 0 Å². The minimum Gasteiger partial charge on any atom is -0.0625 e. The summed E-state index contributed by atoms with van der Waals surface area (Å²) in [6, 6.07) is 48.2. The maximum Gasteiger partial charge on any atom is 0.0125 e. The molecule has 0 aliphatic heterocycles. The van der Waals surface area contributed by atoms with E-state index in [1.54, 1.807) is 77.0 Å². The molecule has 0 nitrogen and oxygen atoms in total. The fourth-order valence-electron chi connectivity index (χ4n) is 16.3. The Balaban J connectivity index is 0.000000139. The van der Waals surface area contributed by atoms with Crippen LogP contribution in [0, 0.1) is 70.5 Å². The topological polar surface area (TPSA) is 0 Å². The van der Waals surface area contributed by atoms with E-state index in [0.717, 1.165) is 58.7 Å². The lowest BCUT2D eigenvalue weighted by Crippen LogP contribution is -2.36. The van der Waals surface area contributed by atoms with Gasteiger partial charge in [-0.2, -0.15) is 0 Å². The zero-order valence-electron chi connectivity index (χ0n) is 50.7. The van der Waals surface area contributed by atoms with E-state index in [4.69, 9.17) is 0 Å². The van der Waals surface area contributed by atoms with Gasteiger partial charge in [0.2, 0.25) is 0 Å². The van der Waals surface area contributed by atoms with Gasteiger partial charge in [-0.1, -0.05) is 294 Å². The maximum absolute atomic E-state index is 2.49. The molecule has 5 aromatic rings. The summed E-state index contributed by atoms with van der Waals surface area (Å²) in [7, 11) is 0. The first-order valence-electron chi connectivity index (χ1n) is 32.0. The van der Waals surface area contributed by atoms with Gasteiger partial charge in [-0.3, -0.25) is 0 Å². The summed E-state index contributed by atoms with van der Waals surface area (Å²) in [5.41, 5.74) is 12.3. The highest BCUT2D eigenvalue weighted by atomic mass is 14.5. The van der Waals surface area contributed by atoms with Crippen molar-refractivity contribution in [2.75, 3.05) is 0 Å². The van der Waals surface area contributed by atoms with Gasteiger partial charge in [-0.15, -0.1) is 0 Å². The summed E-state index contributed by atoms with van der Waals surface area (Å²) >= 11 is 0. The normalized spacial score (nSPS) is 22.3. The summed E-state index contributed by atoms with van der Waals surface area (Å²) in [6.07, 6.45) is 29.0. The Bertz CT molecular complexity index is 2250. The van der Waals surface area contributed by atoms with Gasteiger partial charge < -0.3 is 0 Å². The summed E-state index contributed by atoms with van der Waals surface area (Å²) in [5.74, 6) is 12.2. The molecule has 414 valence electrons. The molecule has 5 saturated carbocycles. The molecular weight excluding hydrogens is 913 g/mol. The molecule has 0 amide bonds. The average molecular weight is 1020 g/mol. The summed E-state index contributed by atoms with van der Waals surface area (Å²) < 4.78 is 0. The summed E-state index contributed by atoms with van der Waals surface area (Å²) in [4.78, 5) is 0. The van der Waals surface area contributed by atoms with Crippen LogP contribution in [-0.4, -0.2) is 0 Å². The lowest BCUT2D eigenvalue weighted by molar-refractivity contribution is 0.0415. The largest absolute Gasteiger partial charge is 0.0625 e. The van der Waals surface area contributed by atoms with E-state index in [1.807, 2.05) is 0 Å². The number of hydrogen-bond donors (Lipinski definition) is 0. The van der Waals surface area contributed by atoms with E-state index in [-0.39, 0.29) is 0 Å². The molecule has 0 N–H and O–H groups in total. The number of rotatable bonds is 11. The quantitative estimate of drug-likeness (QED) is 0.124. The fourth-order valence-corrected chi connectivity index (χ4v) is 16.3. The Kier molecular flexibility index (Phi) is 23.1. The van der Waals surface area contributed by atoms with E-state index in [9.17, 15) is 0 Å². The third kappa shape index (κ3) is 16.3.